The molecule has 8 atom stereocenters. The van der Waals surface area contributed by atoms with Crippen LogP contribution in [0.1, 0.15) is 55.9 Å². The third-order valence-electron chi connectivity index (χ3n) is 9.29. The normalized spacial score (nSPS) is 22.8. The van der Waals surface area contributed by atoms with E-state index in [-0.39, 0.29) is 67.2 Å². The van der Waals surface area contributed by atoms with E-state index in [1.807, 2.05) is 6.07 Å². The van der Waals surface area contributed by atoms with Crippen molar-refractivity contribution in [2.75, 3.05) is 30.5 Å². The fraction of sp³-hybridized carbons (Fsp3) is 0.441. The number of nitriles is 1. The highest BCUT2D eigenvalue weighted by Gasteiger charge is 2.45. The monoisotopic (exact) mass is 902 g/mol. The number of aliphatic hydroxyl groups excluding tert-OH is 1. The topological polar surface area (TPSA) is 282 Å². The van der Waals surface area contributed by atoms with E-state index in [4.69, 9.17) is 39.4 Å². The van der Waals surface area contributed by atoms with Crippen molar-refractivity contribution in [3.63, 3.8) is 0 Å². The van der Waals surface area contributed by atoms with Crippen LogP contribution in [0.15, 0.2) is 54.1 Å². The molecule has 7 rings (SSSR count). The van der Waals surface area contributed by atoms with Crippen LogP contribution in [0.25, 0.3) is 22.3 Å². The molecule has 2 aliphatic heterocycles. The minimum absolute atomic E-state index is 0.0332. The summed E-state index contributed by atoms with van der Waals surface area (Å²) in [5, 5.41) is 24.9. The first-order chi connectivity index (χ1) is 28.9. The minimum atomic E-state index is -3.72. The second-order valence-electron chi connectivity index (χ2n) is 13.7. The van der Waals surface area contributed by atoms with Gasteiger partial charge in [-0.25, -0.2) is 19.9 Å². The van der Waals surface area contributed by atoms with Crippen LogP contribution < -0.4 is 16.2 Å². The van der Waals surface area contributed by atoms with Crippen molar-refractivity contribution < 1.29 is 46.8 Å². The van der Waals surface area contributed by atoms with Gasteiger partial charge in [0.1, 0.15) is 30.9 Å². The van der Waals surface area contributed by atoms with E-state index in [0.29, 0.717) is 16.7 Å². The molecule has 0 aliphatic carbocycles. The van der Waals surface area contributed by atoms with Crippen LogP contribution in [0.3, 0.4) is 0 Å². The molecule has 2 fully saturated rings. The summed E-state index contributed by atoms with van der Waals surface area (Å²) in [7, 11) is -2.43. The van der Waals surface area contributed by atoms with Crippen molar-refractivity contribution in [2.45, 2.75) is 70.0 Å². The number of carbonyl (C=O) groups is 2. The Labute approximate surface area is 351 Å². The fourth-order valence-corrected chi connectivity index (χ4v) is 9.36. The van der Waals surface area contributed by atoms with Crippen molar-refractivity contribution in [2.24, 2.45) is 5.92 Å². The van der Waals surface area contributed by atoms with Gasteiger partial charge in [-0.15, -0.1) is 4.52 Å². The van der Waals surface area contributed by atoms with E-state index in [2.05, 4.69) is 52.8 Å². The number of nitrogens with zero attached hydrogens (tertiary/aromatic N) is 8. The highest BCUT2D eigenvalue weighted by molar-refractivity contribution is 8.39. The Morgan fingerprint density at radius 1 is 1.08 bits per heavy atom. The Bertz CT molecular complexity index is 2540. The lowest BCUT2D eigenvalue weighted by atomic mass is 10.2. The smallest absolute Gasteiger partial charge is 0.394 e. The van der Waals surface area contributed by atoms with Gasteiger partial charge in [-0.1, -0.05) is 32.0 Å². The summed E-state index contributed by atoms with van der Waals surface area (Å²) in [6.07, 6.45) is -1.05. The van der Waals surface area contributed by atoms with Crippen LogP contribution in [0.2, 0.25) is 0 Å². The number of benzene rings is 1. The fourth-order valence-electron chi connectivity index (χ4n) is 6.42. The lowest BCUT2D eigenvalue weighted by molar-refractivity contribution is -0.118. The predicted octanol–water partition coefficient (Wildman–Crippen LogP) is 3.90. The van der Waals surface area contributed by atoms with E-state index in [9.17, 15) is 29.3 Å². The molecule has 1 aromatic carbocycles. The second kappa shape index (κ2) is 19.0. The maximum Gasteiger partial charge on any atom is 0.582 e. The Kier molecular flexibility index (Phi) is 13.7. The summed E-state index contributed by atoms with van der Waals surface area (Å²) >= 11 is 9.76. The molecule has 6 heterocycles. The number of thiol groups is 1. The number of aliphatic hydroxyl groups is 1. The first-order valence-corrected chi connectivity index (χ1v) is 23.3. The van der Waals surface area contributed by atoms with Crippen LogP contribution >= 0.6 is 26.2 Å². The van der Waals surface area contributed by atoms with E-state index in [1.54, 1.807) is 48.7 Å². The number of ether oxygens (including phenoxy) is 2. The molecule has 2 aliphatic rings. The van der Waals surface area contributed by atoms with Gasteiger partial charge in [0, 0.05) is 24.3 Å². The summed E-state index contributed by atoms with van der Waals surface area (Å²) in [5.74, 6) is -1.09. The molecule has 4 aromatic heterocycles. The molecule has 0 radical (unpaired) electrons. The third kappa shape index (κ3) is 9.77. The van der Waals surface area contributed by atoms with Gasteiger partial charge in [0.15, 0.2) is 40.5 Å². The molecule has 60 heavy (non-hydrogen) atoms. The number of fused-ring (bicyclic) bond motifs is 2. The number of rotatable bonds is 17. The Morgan fingerprint density at radius 3 is 2.58 bits per heavy atom. The van der Waals surface area contributed by atoms with Crippen LogP contribution in [0.5, 0.6) is 0 Å². The maximum absolute atomic E-state index is 12.9. The lowest BCUT2D eigenvalue weighted by Crippen LogP contribution is -2.28. The number of hydrogen-bond donors (Lipinski definition) is 5. The van der Waals surface area contributed by atoms with Gasteiger partial charge in [-0.05, 0) is 28.5 Å². The molecule has 26 heteroatoms. The molecule has 2 amide bonds. The zero-order chi connectivity index (χ0) is 42.6. The number of aromatic amines is 1. The van der Waals surface area contributed by atoms with Gasteiger partial charge < -0.3 is 33.5 Å². The quantitative estimate of drug-likeness (QED) is 0.0502. The summed E-state index contributed by atoms with van der Waals surface area (Å²) in [6, 6.07) is 10.6. The lowest BCUT2D eigenvalue weighted by Gasteiger charge is -2.27. The number of amides is 2. The summed E-state index contributed by atoms with van der Waals surface area (Å²) in [4.78, 5) is 62.1. The standard InChI is InChI=1S/C34H37N11O11P2S2/c1-18(2)30(47)42-34-41-29-26(32(49)43-34)39-17-45(29)33-22(55-57(50)59)11-20(53-33)14-52-58(60,51-10-6-9-35)56-21-12-24(54-23(21)13-46)44-16-38-25-27(36-15-37-28(25)44)40-31(48)19-7-4-3-5-8-19/h3-5,7-8,15-18,20-24,33,46H,6,10-14H2,1-2H3,(H3-,36,37,40,41,42,43,47,48,49,50,59)/p+1/t20-,21-,22+,23+,24+,33+,58?/m0/s1. The zero-order valence-electron chi connectivity index (χ0n) is 31.8. The summed E-state index contributed by atoms with van der Waals surface area (Å²) < 4.78 is 51.7. The number of H-pyrrole nitrogens is 1. The first kappa shape index (κ1) is 43.5. The van der Waals surface area contributed by atoms with Crippen molar-refractivity contribution in [3.05, 3.63) is 65.2 Å². The summed E-state index contributed by atoms with van der Waals surface area (Å²) in [6.45, 7) is -1.20. The number of hydrogen-bond acceptors (Lipinski definition) is 18. The van der Waals surface area contributed by atoms with Crippen molar-refractivity contribution in [1.82, 2.24) is 39.0 Å². The van der Waals surface area contributed by atoms with Crippen LogP contribution in [0, 0.1) is 17.2 Å². The zero-order valence-corrected chi connectivity index (χ0v) is 35.3. The van der Waals surface area contributed by atoms with E-state index in [1.165, 1.54) is 23.5 Å². The van der Waals surface area contributed by atoms with Gasteiger partial charge in [0.25, 0.3) is 11.5 Å². The van der Waals surface area contributed by atoms with Gasteiger partial charge in [0.2, 0.25) is 11.9 Å². The molecule has 2 unspecified atom stereocenters. The Hall–Kier alpha value is -4.63. The van der Waals surface area contributed by atoms with Gasteiger partial charge in [-0.2, -0.15) is 10.2 Å². The highest BCUT2D eigenvalue weighted by atomic mass is 32.7. The average molecular weight is 903 g/mol. The molecule has 316 valence electrons. The molecule has 22 nitrogen and oxygen atoms in total. The van der Waals surface area contributed by atoms with Crippen molar-refractivity contribution in [1.29, 1.82) is 5.26 Å². The SMILES string of the molecule is CC(C)C(=O)Nc1nc2c(ncn2[C@@H]2O[C@H](COP(=S)(OCCC#N)O[C@H]3C[C@H](n4cnc5c(NC(=O)c6ccccc6)ncnc54)O[C@@H]3CO)C[C@H]2O[P+](=O)S)c(=O)[nH]1. The number of carbonyl (C=O) groups excluding carboxylic acids is 2. The molecular weight excluding hydrogens is 865 g/mol. The number of imidazole rings is 2. The van der Waals surface area contributed by atoms with Gasteiger partial charge >= 0.3 is 13.9 Å². The Morgan fingerprint density at radius 2 is 1.85 bits per heavy atom. The highest BCUT2D eigenvalue weighted by Crippen LogP contribution is 2.54. The van der Waals surface area contributed by atoms with Gasteiger partial charge in [-0.3, -0.25) is 33.8 Å². The second-order valence-corrected chi connectivity index (χ2v) is 18.3. The predicted molar refractivity (Wildman–Crippen MR) is 218 cm³/mol. The van der Waals surface area contributed by atoms with Gasteiger partial charge in [0.05, 0.1) is 57.2 Å². The molecule has 4 N–H and O–H groups in total. The number of nitrogens with one attached hydrogen (secondary N) is 3. The number of aromatic nitrogens is 8. The molecule has 0 saturated carbocycles. The van der Waals surface area contributed by atoms with E-state index in [0.717, 1.165) is 0 Å². The van der Waals surface area contributed by atoms with Crippen molar-refractivity contribution in [3.8, 4) is 6.07 Å². The molecule has 2 saturated heterocycles. The van der Waals surface area contributed by atoms with Crippen LogP contribution in [-0.4, -0.2) is 100 Å². The third-order valence-corrected chi connectivity index (χ3v) is 12.4. The molecule has 0 bridgehead atoms. The van der Waals surface area contributed by atoms with Crippen LogP contribution in [-0.2, 0) is 48.7 Å². The van der Waals surface area contributed by atoms with E-state index < -0.39 is 68.9 Å². The maximum atomic E-state index is 12.9. The number of anilines is 2. The minimum Gasteiger partial charge on any atom is -0.394 e. The first-order valence-electron chi connectivity index (χ1n) is 18.4. The average Bonchev–Trinajstić information content (AvgIpc) is 4.03. The molecule has 0 spiro atoms. The molecular formula is C34H38N11O11P2S2+. The van der Waals surface area contributed by atoms with E-state index >= 15 is 0 Å². The van der Waals surface area contributed by atoms with Crippen molar-refractivity contribution >= 4 is 83.9 Å². The molecule has 5 aromatic rings. The summed E-state index contributed by atoms with van der Waals surface area (Å²) in [5.41, 5.74) is 0.449. The Balaban J connectivity index is 1.07. The largest absolute Gasteiger partial charge is 0.582 e. The van der Waals surface area contributed by atoms with Crippen LogP contribution in [0.4, 0.5) is 11.8 Å².